The van der Waals surface area contributed by atoms with Gasteiger partial charge in [-0.2, -0.15) is 0 Å². The molecule has 0 aliphatic rings. The van der Waals surface area contributed by atoms with Gasteiger partial charge in [0.15, 0.2) is 0 Å². The van der Waals surface area contributed by atoms with Crippen LogP contribution < -0.4 is 14.4 Å². The van der Waals surface area contributed by atoms with Crippen molar-refractivity contribution in [3.05, 3.63) is 60.2 Å². The average Bonchev–Trinajstić information content (AvgIpc) is 2.65. The highest BCUT2D eigenvalue weighted by Gasteiger charge is 2.32. The molecule has 0 heterocycles. The predicted octanol–water partition coefficient (Wildman–Crippen LogP) is 3.12. The van der Waals surface area contributed by atoms with E-state index in [9.17, 15) is 13.2 Å². The van der Waals surface area contributed by atoms with Crippen molar-refractivity contribution in [3.8, 4) is 5.75 Å². The second-order valence-corrected chi connectivity index (χ2v) is 8.15. The maximum Gasteiger partial charge on any atom is 0.244 e. The smallest absolute Gasteiger partial charge is 0.244 e. The van der Waals surface area contributed by atoms with E-state index in [2.05, 4.69) is 5.32 Å². The van der Waals surface area contributed by atoms with Gasteiger partial charge in [-0.25, -0.2) is 8.42 Å². The van der Waals surface area contributed by atoms with Gasteiger partial charge < -0.3 is 10.1 Å². The second-order valence-electron chi connectivity index (χ2n) is 6.29. The van der Waals surface area contributed by atoms with Gasteiger partial charge in [0.05, 0.1) is 25.1 Å². The Labute approximate surface area is 161 Å². The van der Waals surface area contributed by atoms with E-state index in [1.54, 1.807) is 44.4 Å². The summed E-state index contributed by atoms with van der Waals surface area (Å²) in [5, 5.41) is 2.92. The molecule has 0 aliphatic heterocycles. The lowest BCUT2D eigenvalue weighted by atomic mass is 10.1. The summed E-state index contributed by atoms with van der Waals surface area (Å²) in [4.78, 5) is 13.0. The molecule has 27 heavy (non-hydrogen) atoms. The van der Waals surface area contributed by atoms with Crippen LogP contribution in [0.1, 0.15) is 31.9 Å². The van der Waals surface area contributed by atoms with Crippen LogP contribution in [0.4, 0.5) is 5.69 Å². The van der Waals surface area contributed by atoms with Gasteiger partial charge in [-0.05, 0) is 31.5 Å². The lowest BCUT2D eigenvalue weighted by molar-refractivity contribution is -0.122. The molecule has 146 valence electrons. The highest BCUT2D eigenvalue weighted by molar-refractivity contribution is 7.92. The zero-order chi connectivity index (χ0) is 20.0. The van der Waals surface area contributed by atoms with E-state index in [0.717, 1.165) is 11.8 Å². The number of hydrogen-bond donors (Lipinski definition) is 1. The molecular weight excluding hydrogens is 364 g/mol. The Kier molecular flexibility index (Phi) is 6.85. The lowest BCUT2D eigenvalue weighted by Crippen LogP contribution is -2.49. The van der Waals surface area contributed by atoms with Crippen LogP contribution in [0.25, 0.3) is 0 Å². The molecule has 0 bridgehead atoms. The van der Waals surface area contributed by atoms with Crippen molar-refractivity contribution in [2.24, 2.45) is 0 Å². The fraction of sp³-hybridized carbons (Fsp3) is 0.350. The fourth-order valence-corrected chi connectivity index (χ4v) is 4.26. The maximum absolute atomic E-state index is 13.0. The second kappa shape index (κ2) is 8.90. The standard InChI is InChI=1S/C20H26N2O4S/c1-5-18(22(27(4,24)25)16-11-7-6-8-12-16)20(23)21-15(2)17-13-9-10-14-19(17)26-3/h6-15,18H,5H2,1-4H3,(H,21,23)/t15-,18-/m0/s1. The molecule has 1 amide bonds. The predicted molar refractivity (Wildman–Crippen MR) is 107 cm³/mol. The first-order valence-corrected chi connectivity index (χ1v) is 10.6. The summed E-state index contributed by atoms with van der Waals surface area (Å²) >= 11 is 0. The summed E-state index contributed by atoms with van der Waals surface area (Å²) < 4.78 is 31.4. The zero-order valence-corrected chi connectivity index (χ0v) is 16.9. The number of nitrogens with one attached hydrogen (secondary N) is 1. The van der Waals surface area contributed by atoms with Crippen LogP contribution in [0.3, 0.4) is 0 Å². The van der Waals surface area contributed by atoms with E-state index in [-0.39, 0.29) is 11.9 Å². The summed E-state index contributed by atoms with van der Waals surface area (Å²) in [6, 6.07) is 14.9. The lowest BCUT2D eigenvalue weighted by Gasteiger charge is -2.31. The first-order chi connectivity index (χ1) is 12.8. The third-order valence-corrected chi connectivity index (χ3v) is 5.48. The minimum atomic E-state index is -3.64. The Morgan fingerprint density at radius 3 is 2.26 bits per heavy atom. The number of nitrogens with zero attached hydrogens (tertiary/aromatic N) is 1. The first kappa shape index (κ1) is 20.8. The molecule has 0 spiro atoms. The van der Waals surface area contributed by atoms with Gasteiger partial charge in [0.1, 0.15) is 11.8 Å². The number of ether oxygens (including phenoxy) is 1. The van der Waals surface area contributed by atoms with Gasteiger partial charge in [-0.3, -0.25) is 9.10 Å². The number of rotatable bonds is 8. The van der Waals surface area contributed by atoms with Crippen LogP contribution in [-0.2, 0) is 14.8 Å². The number of amides is 1. The summed E-state index contributed by atoms with van der Waals surface area (Å²) in [6.07, 6.45) is 1.45. The largest absolute Gasteiger partial charge is 0.496 e. The molecule has 0 unspecified atom stereocenters. The molecule has 0 saturated carbocycles. The Morgan fingerprint density at radius 2 is 1.70 bits per heavy atom. The van der Waals surface area contributed by atoms with E-state index in [4.69, 9.17) is 4.74 Å². The molecule has 0 radical (unpaired) electrons. The molecule has 0 aromatic heterocycles. The van der Waals surface area contributed by atoms with E-state index >= 15 is 0 Å². The van der Waals surface area contributed by atoms with Crippen LogP contribution in [0.2, 0.25) is 0 Å². The number of hydrogen-bond acceptors (Lipinski definition) is 4. The summed E-state index contributed by atoms with van der Waals surface area (Å²) in [6.45, 7) is 3.63. The number of para-hydroxylation sites is 2. The molecule has 1 N–H and O–H groups in total. The monoisotopic (exact) mass is 390 g/mol. The van der Waals surface area contributed by atoms with Crippen LogP contribution in [0.15, 0.2) is 54.6 Å². The quantitative estimate of drug-likeness (QED) is 0.751. The van der Waals surface area contributed by atoms with E-state index in [0.29, 0.717) is 17.9 Å². The molecule has 7 heteroatoms. The van der Waals surface area contributed by atoms with Gasteiger partial charge in [-0.15, -0.1) is 0 Å². The Balaban J connectivity index is 2.30. The maximum atomic E-state index is 13.0. The van der Waals surface area contributed by atoms with Crippen molar-refractivity contribution >= 4 is 21.6 Å². The van der Waals surface area contributed by atoms with Crippen molar-refractivity contribution in [1.82, 2.24) is 5.32 Å². The molecule has 6 nitrogen and oxygen atoms in total. The van der Waals surface area contributed by atoms with Crippen LogP contribution in [-0.4, -0.2) is 33.7 Å². The third kappa shape index (κ3) is 5.01. The normalized spacial score (nSPS) is 13.5. The van der Waals surface area contributed by atoms with Crippen molar-refractivity contribution in [3.63, 3.8) is 0 Å². The fourth-order valence-electron chi connectivity index (χ4n) is 3.05. The van der Waals surface area contributed by atoms with Crippen molar-refractivity contribution < 1.29 is 17.9 Å². The van der Waals surface area contributed by atoms with Crippen molar-refractivity contribution in [1.29, 1.82) is 0 Å². The zero-order valence-electron chi connectivity index (χ0n) is 16.0. The van der Waals surface area contributed by atoms with Crippen LogP contribution in [0, 0.1) is 0 Å². The third-order valence-electron chi connectivity index (χ3n) is 4.30. The van der Waals surface area contributed by atoms with Crippen LogP contribution in [0.5, 0.6) is 5.75 Å². The molecule has 0 aliphatic carbocycles. The van der Waals surface area contributed by atoms with Gasteiger partial charge >= 0.3 is 0 Å². The topological polar surface area (TPSA) is 75.7 Å². The summed E-state index contributed by atoms with van der Waals surface area (Å²) in [7, 11) is -2.07. The number of methoxy groups -OCH3 is 1. The first-order valence-electron chi connectivity index (χ1n) is 8.77. The van der Waals surface area contributed by atoms with E-state index in [1.165, 1.54) is 4.31 Å². The van der Waals surface area contributed by atoms with Gasteiger partial charge in [0.2, 0.25) is 15.9 Å². The Bertz CT molecular complexity index is 869. The van der Waals surface area contributed by atoms with Gasteiger partial charge in [0, 0.05) is 5.56 Å². The number of anilines is 1. The molecule has 0 fully saturated rings. The molecule has 2 rings (SSSR count). The van der Waals surface area contributed by atoms with Gasteiger partial charge in [-0.1, -0.05) is 43.3 Å². The highest BCUT2D eigenvalue weighted by Crippen LogP contribution is 2.26. The van der Waals surface area contributed by atoms with Crippen molar-refractivity contribution in [2.45, 2.75) is 32.4 Å². The molecule has 2 aromatic carbocycles. The number of benzene rings is 2. The summed E-state index contributed by atoms with van der Waals surface area (Å²) in [5.74, 6) is 0.312. The molecule has 0 saturated heterocycles. The highest BCUT2D eigenvalue weighted by atomic mass is 32.2. The Morgan fingerprint density at radius 1 is 1.11 bits per heavy atom. The van der Waals surface area contributed by atoms with Crippen LogP contribution >= 0.6 is 0 Å². The molecular formula is C20H26N2O4S. The number of sulfonamides is 1. The van der Waals surface area contributed by atoms with E-state index < -0.39 is 16.1 Å². The van der Waals surface area contributed by atoms with E-state index in [1.807, 2.05) is 31.2 Å². The Hall–Kier alpha value is -2.54. The minimum absolute atomic E-state index is 0.333. The minimum Gasteiger partial charge on any atom is -0.496 e. The SMILES string of the molecule is CC[C@@H](C(=O)N[C@@H](C)c1ccccc1OC)N(c1ccccc1)S(C)(=O)=O. The molecule has 2 aromatic rings. The number of carbonyl (C=O) groups is 1. The average molecular weight is 391 g/mol. The number of carbonyl (C=O) groups excluding carboxylic acids is 1. The van der Waals surface area contributed by atoms with Crippen molar-refractivity contribution in [2.75, 3.05) is 17.7 Å². The summed E-state index contributed by atoms with van der Waals surface area (Å²) in [5.41, 5.74) is 1.29. The van der Waals surface area contributed by atoms with Gasteiger partial charge in [0.25, 0.3) is 0 Å². The molecule has 2 atom stereocenters.